The van der Waals surface area contributed by atoms with Crippen LogP contribution in [0.25, 0.3) is 5.69 Å². The second-order valence-corrected chi connectivity index (χ2v) is 8.41. The Morgan fingerprint density at radius 3 is 2.58 bits per heavy atom. The number of nitrogens with zero attached hydrogens (tertiary/aromatic N) is 2. The summed E-state index contributed by atoms with van der Waals surface area (Å²) in [6, 6.07) is 11.5. The first-order valence-corrected chi connectivity index (χ1v) is 10.6. The highest BCUT2D eigenvalue weighted by Gasteiger charge is 2.20. The van der Waals surface area contributed by atoms with Crippen LogP contribution < -0.4 is 5.32 Å². The minimum absolute atomic E-state index is 0.303. The Morgan fingerprint density at radius 2 is 1.94 bits per heavy atom. The fourth-order valence-electron chi connectivity index (χ4n) is 3.14. The normalized spacial score (nSPS) is 12.8. The van der Waals surface area contributed by atoms with Crippen LogP contribution in [0, 0.1) is 12.7 Å². The summed E-state index contributed by atoms with van der Waals surface area (Å²) < 4.78 is 21.1. The van der Waals surface area contributed by atoms with Gasteiger partial charge in [0.25, 0.3) is 5.91 Å². The second-order valence-electron chi connectivity index (χ2n) is 7.03. The number of hydrogen-bond donors (Lipinski definition) is 1. The molecule has 2 atom stereocenters. The van der Waals surface area contributed by atoms with Crippen LogP contribution >= 0.6 is 11.8 Å². The van der Waals surface area contributed by atoms with E-state index in [0.29, 0.717) is 27.5 Å². The lowest BCUT2D eigenvalue weighted by molar-refractivity contribution is -0.139. The smallest absolute Gasteiger partial charge is 0.318 e. The Bertz CT molecular complexity index is 1100. The average molecular weight is 442 g/mol. The van der Waals surface area contributed by atoms with Crippen molar-refractivity contribution in [2.45, 2.75) is 37.0 Å². The third kappa shape index (κ3) is 5.14. The molecule has 1 N–H and O–H groups in total. The maximum absolute atomic E-state index is 14.7. The zero-order valence-electron chi connectivity index (χ0n) is 17.8. The maximum Gasteiger partial charge on any atom is 0.318 e. The highest BCUT2D eigenvalue weighted by molar-refractivity contribution is 8.00. The summed E-state index contributed by atoms with van der Waals surface area (Å²) >= 11 is 1.25. The van der Waals surface area contributed by atoms with E-state index in [2.05, 4.69) is 10.3 Å². The van der Waals surface area contributed by atoms with E-state index in [0.717, 1.165) is 0 Å². The van der Waals surface area contributed by atoms with Gasteiger partial charge in [0.1, 0.15) is 16.9 Å². The first-order valence-electron chi connectivity index (χ1n) is 9.76. The zero-order valence-corrected chi connectivity index (χ0v) is 18.6. The summed E-state index contributed by atoms with van der Waals surface area (Å²) in [5, 5.41) is 2.45. The predicted molar refractivity (Wildman–Crippen MR) is 118 cm³/mol. The van der Waals surface area contributed by atoms with Crippen molar-refractivity contribution in [3.05, 3.63) is 77.6 Å². The van der Waals surface area contributed by atoms with E-state index in [1.54, 1.807) is 74.1 Å². The number of carbonyl (C=O) groups excluding carboxylic acids is 2. The summed E-state index contributed by atoms with van der Waals surface area (Å²) in [6.45, 7) is 5.31. The number of esters is 1. The Balaban J connectivity index is 1.76. The van der Waals surface area contributed by atoms with E-state index in [9.17, 15) is 14.0 Å². The number of imidazole rings is 1. The summed E-state index contributed by atoms with van der Waals surface area (Å²) in [7, 11) is 1.33. The molecule has 1 heterocycles. The molecule has 8 heteroatoms. The van der Waals surface area contributed by atoms with Crippen molar-refractivity contribution in [1.82, 2.24) is 14.9 Å². The molecule has 6 nitrogen and oxygen atoms in total. The van der Waals surface area contributed by atoms with Crippen LogP contribution in [-0.2, 0) is 9.53 Å². The number of benzene rings is 2. The lowest BCUT2D eigenvalue weighted by Gasteiger charge is -2.18. The van der Waals surface area contributed by atoms with Crippen LogP contribution in [0.3, 0.4) is 0 Å². The van der Waals surface area contributed by atoms with Crippen LogP contribution in [0.1, 0.15) is 41.6 Å². The van der Waals surface area contributed by atoms with Gasteiger partial charge in [0.15, 0.2) is 0 Å². The molecule has 3 aromatic rings. The van der Waals surface area contributed by atoms with E-state index in [-0.39, 0.29) is 11.9 Å². The Morgan fingerprint density at radius 1 is 1.19 bits per heavy atom. The monoisotopic (exact) mass is 441 g/mol. The second kappa shape index (κ2) is 9.78. The van der Waals surface area contributed by atoms with Crippen molar-refractivity contribution in [2.24, 2.45) is 0 Å². The summed E-state index contributed by atoms with van der Waals surface area (Å²) in [5.41, 5.74) is 1.48. The van der Waals surface area contributed by atoms with Gasteiger partial charge in [0, 0.05) is 17.3 Å². The molecule has 1 aromatic heterocycles. The van der Waals surface area contributed by atoms with Crippen molar-refractivity contribution < 1.29 is 18.7 Å². The average Bonchev–Trinajstić information content (AvgIpc) is 3.18. The van der Waals surface area contributed by atoms with E-state index in [4.69, 9.17) is 4.74 Å². The highest BCUT2D eigenvalue weighted by atomic mass is 32.2. The van der Waals surface area contributed by atoms with Gasteiger partial charge >= 0.3 is 5.97 Å². The van der Waals surface area contributed by atoms with Gasteiger partial charge in [-0.2, -0.15) is 0 Å². The number of rotatable bonds is 7. The quantitative estimate of drug-likeness (QED) is 0.433. The number of nitrogens with one attached hydrogen (secondary N) is 1. The molecule has 0 aliphatic carbocycles. The Hall–Kier alpha value is -3.13. The predicted octanol–water partition coefficient (Wildman–Crippen LogP) is 4.46. The van der Waals surface area contributed by atoms with Crippen molar-refractivity contribution in [3.8, 4) is 5.69 Å². The van der Waals surface area contributed by atoms with Crippen molar-refractivity contribution in [1.29, 1.82) is 0 Å². The molecule has 3 rings (SSSR count). The number of ether oxygens (including phenoxy) is 1. The number of amides is 1. The van der Waals surface area contributed by atoms with Crippen molar-refractivity contribution in [3.63, 3.8) is 0 Å². The minimum Gasteiger partial charge on any atom is -0.468 e. The third-order valence-corrected chi connectivity index (χ3v) is 6.03. The number of thioether (sulfide) groups is 1. The Kier molecular flexibility index (Phi) is 7.12. The fourth-order valence-corrected chi connectivity index (χ4v) is 4.16. The highest BCUT2D eigenvalue weighted by Crippen LogP contribution is 2.28. The van der Waals surface area contributed by atoms with Gasteiger partial charge in [-0.25, -0.2) is 9.37 Å². The number of halogens is 1. The van der Waals surface area contributed by atoms with Gasteiger partial charge in [-0.05, 0) is 50.6 Å². The van der Waals surface area contributed by atoms with Gasteiger partial charge < -0.3 is 14.6 Å². The molecule has 0 unspecified atom stereocenters. The minimum atomic E-state index is -0.454. The third-order valence-electron chi connectivity index (χ3n) is 4.87. The molecular weight excluding hydrogens is 417 g/mol. The van der Waals surface area contributed by atoms with Gasteiger partial charge in [0.05, 0.1) is 24.4 Å². The fraction of sp³-hybridized carbons (Fsp3) is 0.261. The largest absolute Gasteiger partial charge is 0.468 e. The molecule has 0 bridgehead atoms. The molecule has 0 saturated carbocycles. The van der Waals surface area contributed by atoms with Gasteiger partial charge in [-0.1, -0.05) is 18.2 Å². The summed E-state index contributed by atoms with van der Waals surface area (Å²) in [5.74, 6) is -0.384. The van der Waals surface area contributed by atoms with Gasteiger partial charge in [0.2, 0.25) is 0 Å². The lowest BCUT2D eigenvalue weighted by atomic mass is 10.1. The molecule has 0 aliphatic rings. The van der Waals surface area contributed by atoms with E-state index in [1.165, 1.54) is 24.9 Å². The molecule has 2 aromatic carbocycles. The molecular formula is C23H24FN3O3S. The van der Waals surface area contributed by atoms with E-state index >= 15 is 0 Å². The molecule has 0 aliphatic heterocycles. The first kappa shape index (κ1) is 22.6. The Labute approximate surface area is 184 Å². The number of hydrogen-bond acceptors (Lipinski definition) is 5. The number of aromatic nitrogens is 2. The topological polar surface area (TPSA) is 73.2 Å². The molecule has 0 spiro atoms. The molecule has 0 saturated heterocycles. The molecule has 31 heavy (non-hydrogen) atoms. The number of carbonyl (C=O) groups is 2. The number of aryl methyl sites for hydroxylation is 1. The van der Waals surface area contributed by atoms with Gasteiger partial charge in [-0.3, -0.25) is 9.59 Å². The number of methoxy groups -OCH3 is 1. The van der Waals surface area contributed by atoms with Crippen molar-refractivity contribution >= 4 is 23.6 Å². The molecule has 0 radical (unpaired) electrons. The van der Waals surface area contributed by atoms with Crippen LogP contribution in [-0.4, -0.2) is 33.8 Å². The summed E-state index contributed by atoms with van der Waals surface area (Å²) in [4.78, 5) is 29.4. The van der Waals surface area contributed by atoms with Crippen LogP contribution in [0.2, 0.25) is 0 Å². The standard InChI is InChI=1S/C23H24FN3O3S/c1-14(17-9-10-20(19(24)13-17)27-12-11-25-16(27)3)26-22(28)18-7-5-6-8-21(18)31-15(2)23(29)30-4/h5-15H,1-4H3,(H,26,28)/t14-,15+/m0/s1. The molecule has 1 amide bonds. The lowest BCUT2D eigenvalue weighted by Crippen LogP contribution is -2.27. The van der Waals surface area contributed by atoms with Crippen LogP contribution in [0.4, 0.5) is 4.39 Å². The van der Waals surface area contributed by atoms with Gasteiger partial charge in [-0.15, -0.1) is 11.8 Å². The van der Waals surface area contributed by atoms with Crippen LogP contribution in [0.5, 0.6) is 0 Å². The molecule has 0 fully saturated rings. The van der Waals surface area contributed by atoms with E-state index in [1.807, 2.05) is 0 Å². The van der Waals surface area contributed by atoms with Crippen LogP contribution in [0.15, 0.2) is 59.8 Å². The first-order chi connectivity index (χ1) is 14.8. The molecule has 162 valence electrons. The van der Waals surface area contributed by atoms with Crippen molar-refractivity contribution in [2.75, 3.05) is 7.11 Å². The maximum atomic E-state index is 14.7. The van der Waals surface area contributed by atoms with E-state index < -0.39 is 17.1 Å². The SMILES string of the molecule is COC(=O)[C@@H](C)Sc1ccccc1C(=O)N[C@@H](C)c1ccc(-n2ccnc2C)c(F)c1. The zero-order chi connectivity index (χ0) is 22.5. The summed E-state index contributed by atoms with van der Waals surface area (Å²) in [6.07, 6.45) is 3.31.